The Labute approximate surface area is 92.6 Å². The predicted octanol–water partition coefficient (Wildman–Crippen LogP) is 1.05. The van der Waals surface area contributed by atoms with Gasteiger partial charge in [-0.25, -0.2) is 0 Å². The van der Waals surface area contributed by atoms with Crippen LogP contribution in [0.3, 0.4) is 0 Å². The van der Waals surface area contributed by atoms with Crippen molar-refractivity contribution in [2.75, 3.05) is 13.7 Å². The molecule has 0 saturated carbocycles. The average molecular weight is 216 g/mol. The Kier molecular flexibility index (Phi) is 6.52. The van der Waals surface area contributed by atoms with E-state index in [0.717, 1.165) is 19.3 Å². The molecule has 0 fully saturated rings. The first-order chi connectivity index (χ1) is 6.93. The molecule has 0 aromatic rings. The number of rotatable bonds is 7. The largest absolute Gasteiger partial charge is 0.377 e. The van der Waals surface area contributed by atoms with E-state index in [9.17, 15) is 4.79 Å². The Morgan fingerprint density at radius 3 is 2.60 bits per heavy atom. The lowest BCUT2D eigenvalue weighted by Gasteiger charge is -2.24. The lowest BCUT2D eigenvalue weighted by atomic mass is 10.1. The highest BCUT2D eigenvalue weighted by Gasteiger charge is 2.19. The van der Waals surface area contributed by atoms with E-state index in [1.807, 2.05) is 13.8 Å². The minimum Gasteiger partial charge on any atom is -0.377 e. The van der Waals surface area contributed by atoms with E-state index in [2.05, 4.69) is 12.2 Å². The lowest BCUT2D eigenvalue weighted by Crippen LogP contribution is -2.46. The van der Waals surface area contributed by atoms with E-state index >= 15 is 0 Å². The van der Waals surface area contributed by atoms with Gasteiger partial charge in [-0.1, -0.05) is 19.8 Å². The normalized spacial score (nSPS) is 13.7. The Morgan fingerprint density at radius 1 is 1.53 bits per heavy atom. The molecule has 1 amide bonds. The molecule has 90 valence electrons. The second-order valence-corrected chi connectivity index (χ2v) is 4.43. The van der Waals surface area contributed by atoms with Crippen LogP contribution in [0.25, 0.3) is 0 Å². The van der Waals surface area contributed by atoms with Gasteiger partial charge in [0.1, 0.15) is 0 Å². The molecular weight excluding hydrogens is 192 g/mol. The van der Waals surface area contributed by atoms with Crippen molar-refractivity contribution in [1.29, 1.82) is 0 Å². The molecule has 15 heavy (non-hydrogen) atoms. The fraction of sp³-hybridized carbons (Fsp3) is 0.909. The van der Waals surface area contributed by atoms with Gasteiger partial charge in [0.25, 0.3) is 0 Å². The fourth-order valence-corrected chi connectivity index (χ4v) is 1.06. The van der Waals surface area contributed by atoms with Crippen molar-refractivity contribution < 1.29 is 9.53 Å². The molecule has 4 nitrogen and oxygen atoms in total. The second-order valence-electron chi connectivity index (χ2n) is 4.43. The predicted molar refractivity (Wildman–Crippen MR) is 61.6 cm³/mol. The highest BCUT2D eigenvalue weighted by Crippen LogP contribution is 2.05. The first-order valence-electron chi connectivity index (χ1n) is 5.51. The zero-order chi connectivity index (χ0) is 11.9. The highest BCUT2D eigenvalue weighted by atomic mass is 16.5. The first-order valence-corrected chi connectivity index (χ1v) is 5.51. The van der Waals surface area contributed by atoms with Crippen molar-refractivity contribution in [3.05, 3.63) is 0 Å². The minimum atomic E-state index is -0.391. The Bertz CT molecular complexity index is 193. The highest BCUT2D eigenvalue weighted by molar-refractivity contribution is 5.81. The summed E-state index contributed by atoms with van der Waals surface area (Å²) < 4.78 is 5.19. The molecule has 0 aliphatic rings. The van der Waals surface area contributed by atoms with Crippen LogP contribution in [0.15, 0.2) is 0 Å². The number of methoxy groups -OCH3 is 1. The molecule has 0 radical (unpaired) electrons. The molecule has 4 heteroatoms. The maximum absolute atomic E-state index is 11.5. The van der Waals surface area contributed by atoms with E-state index in [1.165, 1.54) is 0 Å². The van der Waals surface area contributed by atoms with Gasteiger partial charge in [0.05, 0.1) is 11.6 Å². The van der Waals surface area contributed by atoms with Crippen LogP contribution in [0.2, 0.25) is 0 Å². The summed E-state index contributed by atoms with van der Waals surface area (Å²) in [6.45, 7) is 6.41. The van der Waals surface area contributed by atoms with Crippen LogP contribution in [0.5, 0.6) is 0 Å². The van der Waals surface area contributed by atoms with Gasteiger partial charge in [-0.3, -0.25) is 4.79 Å². The van der Waals surface area contributed by atoms with E-state index in [0.29, 0.717) is 6.54 Å². The third kappa shape index (κ3) is 6.47. The number of hydrogen-bond acceptors (Lipinski definition) is 3. The minimum absolute atomic E-state index is 0.0893. The van der Waals surface area contributed by atoms with Gasteiger partial charge in [0, 0.05) is 13.7 Å². The van der Waals surface area contributed by atoms with Gasteiger partial charge in [-0.2, -0.15) is 0 Å². The van der Waals surface area contributed by atoms with Crippen molar-refractivity contribution in [2.24, 2.45) is 5.73 Å². The van der Waals surface area contributed by atoms with Crippen LogP contribution in [0, 0.1) is 0 Å². The quantitative estimate of drug-likeness (QED) is 0.668. The molecule has 0 spiro atoms. The molecule has 0 rings (SSSR count). The molecule has 1 atom stereocenters. The maximum Gasteiger partial charge on any atom is 0.237 e. The van der Waals surface area contributed by atoms with Crippen LogP contribution in [0.1, 0.15) is 40.0 Å². The molecule has 0 aliphatic carbocycles. The van der Waals surface area contributed by atoms with Gasteiger partial charge in [0.15, 0.2) is 0 Å². The van der Waals surface area contributed by atoms with E-state index < -0.39 is 6.04 Å². The summed E-state index contributed by atoms with van der Waals surface area (Å²) in [5.41, 5.74) is 5.39. The van der Waals surface area contributed by atoms with Crippen LogP contribution < -0.4 is 11.1 Å². The smallest absolute Gasteiger partial charge is 0.237 e. The number of nitrogens with one attached hydrogen (secondary N) is 1. The molecule has 0 saturated heterocycles. The number of unbranched alkanes of at least 4 members (excludes halogenated alkanes) is 1. The molecule has 0 aromatic carbocycles. The zero-order valence-corrected chi connectivity index (χ0v) is 10.3. The van der Waals surface area contributed by atoms with Gasteiger partial charge in [-0.05, 0) is 20.3 Å². The second kappa shape index (κ2) is 6.80. The fourth-order valence-electron chi connectivity index (χ4n) is 1.06. The van der Waals surface area contributed by atoms with E-state index in [-0.39, 0.29) is 11.5 Å². The van der Waals surface area contributed by atoms with Gasteiger partial charge >= 0.3 is 0 Å². The SMILES string of the molecule is CCCC[C@H](N)C(=O)NCC(C)(C)OC. The van der Waals surface area contributed by atoms with Crippen molar-refractivity contribution >= 4 is 5.91 Å². The summed E-state index contributed by atoms with van der Waals surface area (Å²) in [5, 5.41) is 2.79. The average Bonchev–Trinajstić information content (AvgIpc) is 2.22. The first kappa shape index (κ1) is 14.4. The third-order valence-electron chi connectivity index (χ3n) is 2.45. The van der Waals surface area contributed by atoms with Crippen LogP contribution >= 0.6 is 0 Å². The maximum atomic E-state index is 11.5. The van der Waals surface area contributed by atoms with Crippen LogP contribution in [-0.2, 0) is 9.53 Å². The zero-order valence-electron chi connectivity index (χ0n) is 10.3. The Hall–Kier alpha value is -0.610. The molecule has 0 bridgehead atoms. The summed E-state index contributed by atoms with van der Waals surface area (Å²) >= 11 is 0. The molecule has 3 N–H and O–H groups in total. The number of ether oxygens (including phenoxy) is 1. The van der Waals surface area contributed by atoms with Gasteiger partial charge in [0.2, 0.25) is 5.91 Å². The molecule has 0 aliphatic heterocycles. The number of hydrogen-bond donors (Lipinski definition) is 2. The topological polar surface area (TPSA) is 64.4 Å². The Balaban J connectivity index is 3.82. The van der Waals surface area contributed by atoms with Crippen molar-refractivity contribution in [1.82, 2.24) is 5.32 Å². The molecular formula is C11H24N2O2. The number of carbonyl (C=O) groups is 1. The van der Waals surface area contributed by atoms with Gasteiger partial charge in [-0.15, -0.1) is 0 Å². The summed E-state index contributed by atoms with van der Waals surface area (Å²) in [6, 6.07) is -0.391. The van der Waals surface area contributed by atoms with Crippen molar-refractivity contribution in [3.8, 4) is 0 Å². The van der Waals surface area contributed by atoms with Crippen molar-refractivity contribution in [2.45, 2.75) is 51.7 Å². The third-order valence-corrected chi connectivity index (χ3v) is 2.45. The van der Waals surface area contributed by atoms with Crippen molar-refractivity contribution in [3.63, 3.8) is 0 Å². The number of amides is 1. The van der Waals surface area contributed by atoms with E-state index in [4.69, 9.17) is 10.5 Å². The number of carbonyl (C=O) groups excluding carboxylic acids is 1. The lowest BCUT2D eigenvalue weighted by molar-refractivity contribution is -0.123. The summed E-state index contributed by atoms with van der Waals surface area (Å²) in [7, 11) is 1.63. The summed E-state index contributed by atoms with van der Waals surface area (Å²) in [6.07, 6.45) is 2.79. The standard InChI is InChI=1S/C11H24N2O2/c1-5-6-7-9(12)10(14)13-8-11(2,3)15-4/h9H,5-8,12H2,1-4H3,(H,13,14)/t9-/m0/s1. The Morgan fingerprint density at radius 2 is 2.13 bits per heavy atom. The molecule has 0 aromatic heterocycles. The number of nitrogens with two attached hydrogens (primary N) is 1. The van der Waals surface area contributed by atoms with Crippen LogP contribution in [-0.4, -0.2) is 31.2 Å². The molecule has 0 unspecified atom stereocenters. The summed E-state index contributed by atoms with van der Waals surface area (Å²) in [4.78, 5) is 11.5. The van der Waals surface area contributed by atoms with Gasteiger partial charge < -0.3 is 15.8 Å². The van der Waals surface area contributed by atoms with Crippen LogP contribution in [0.4, 0.5) is 0 Å². The molecule has 0 heterocycles. The summed E-state index contributed by atoms with van der Waals surface area (Å²) in [5.74, 6) is -0.0893. The van der Waals surface area contributed by atoms with E-state index in [1.54, 1.807) is 7.11 Å². The monoisotopic (exact) mass is 216 g/mol.